The molecule has 41 heavy (non-hydrogen) atoms. The van der Waals surface area contributed by atoms with Gasteiger partial charge in [0.2, 0.25) is 0 Å². The molecule has 1 amide bonds. The van der Waals surface area contributed by atoms with Gasteiger partial charge in [-0.3, -0.25) is 14.7 Å². The molecule has 2 aromatic carbocycles. The van der Waals surface area contributed by atoms with Crippen molar-refractivity contribution >= 4 is 5.91 Å². The van der Waals surface area contributed by atoms with E-state index in [-0.39, 0.29) is 11.8 Å². The van der Waals surface area contributed by atoms with Gasteiger partial charge in [0, 0.05) is 37.8 Å². The molecular weight excluding hydrogens is 514 g/mol. The van der Waals surface area contributed by atoms with Crippen LogP contribution in [0, 0.1) is 0 Å². The average Bonchev–Trinajstić information content (AvgIpc) is 3.83. The van der Waals surface area contributed by atoms with E-state index in [0.717, 1.165) is 67.7 Å². The van der Waals surface area contributed by atoms with Crippen molar-refractivity contribution in [3.05, 3.63) is 88.7 Å². The number of carbonyl (C=O) groups is 1. The molecule has 0 spiro atoms. The normalized spacial score (nSPS) is 19.6. The van der Waals surface area contributed by atoms with Gasteiger partial charge in [-0.2, -0.15) is 0 Å². The molecule has 6 rings (SSSR count). The summed E-state index contributed by atoms with van der Waals surface area (Å²) in [6.45, 7) is 7.74. The van der Waals surface area contributed by atoms with Crippen LogP contribution < -0.4 is 9.47 Å². The lowest BCUT2D eigenvalue weighted by molar-refractivity contribution is -0.000603. The summed E-state index contributed by atoms with van der Waals surface area (Å²) in [4.78, 5) is 21.9. The number of hydrogen-bond donors (Lipinski definition) is 0. The van der Waals surface area contributed by atoms with Crippen LogP contribution in [0.3, 0.4) is 0 Å². The summed E-state index contributed by atoms with van der Waals surface area (Å²) in [5, 5.41) is 0. The number of likely N-dealkylation sites (tertiary alicyclic amines) is 1. The predicted octanol–water partition coefficient (Wildman–Crippen LogP) is 5.44. The molecule has 7 nitrogen and oxygen atoms in total. The van der Waals surface area contributed by atoms with Crippen molar-refractivity contribution in [3.63, 3.8) is 0 Å². The summed E-state index contributed by atoms with van der Waals surface area (Å²) in [6.07, 6.45) is 6.39. The van der Waals surface area contributed by atoms with Crippen LogP contribution in [0.4, 0.5) is 0 Å². The van der Waals surface area contributed by atoms with Crippen LogP contribution in [-0.4, -0.2) is 73.2 Å². The Morgan fingerprint density at radius 2 is 1.78 bits per heavy atom. The van der Waals surface area contributed by atoms with Crippen LogP contribution in [0.5, 0.6) is 11.5 Å². The minimum absolute atomic E-state index is 0.00419. The number of benzene rings is 2. The zero-order valence-electron chi connectivity index (χ0n) is 24.3. The molecule has 3 aromatic rings. The maximum atomic E-state index is 13.2. The largest absolute Gasteiger partial charge is 0.493 e. The van der Waals surface area contributed by atoms with Crippen molar-refractivity contribution in [3.8, 4) is 11.5 Å². The van der Waals surface area contributed by atoms with Gasteiger partial charge in [-0.15, -0.1) is 0 Å². The Labute approximate surface area is 243 Å². The number of hydrogen-bond acceptors (Lipinski definition) is 6. The Morgan fingerprint density at radius 3 is 2.54 bits per heavy atom. The zero-order valence-corrected chi connectivity index (χ0v) is 24.3. The van der Waals surface area contributed by atoms with Gasteiger partial charge in [0.15, 0.2) is 11.5 Å². The topological polar surface area (TPSA) is 64.1 Å². The first-order chi connectivity index (χ1) is 20.1. The Hall–Kier alpha value is -3.42. The summed E-state index contributed by atoms with van der Waals surface area (Å²) in [5.41, 5.74) is 5.44. The van der Waals surface area contributed by atoms with Gasteiger partial charge in [-0.25, -0.2) is 0 Å². The number of aromatic nitrogens is 1. The molecule has 3 aliphatic rings. The highest BCUT2D eigenvalue weighted by Crippen LogP contribution is 2.40. The molecule has 2 aliphatic heterocycles. The fourth-order valence-corrected chi connectivity index (χ4v) is 5.87. The highest BCUT2D eigenvalue weighted by molar-refractivity contribution is 5.93. The number of carbonyl (C=O) groups excluding carboxylic acids is 1. The predicted molar refractivity (Wildman–Crippen MR) is 159 cm³/mol. The molecule has 0 radical (unpaired) electrons. The van der Waals surface area contributed by atoms with Gasteiger partial charge < -0.3 is 19.1 Å². The van der Waals surface area contributed by atoms with Crippen molar-refractivity contribution in [2.24, 2.45) is 0 Å². The molecule has 3 heterocycles. The van der Waals surface area contributed by atoms with E-state index >= 15 is 0 Å². The standard InChI is InChI=1S/C34H41N3O4/c1-24-22-40-17-16-36(24)15-3-4-25-13-14-35-31(18-25)34(38)37-20-30(21-37)29-11-12-32(33(19-29)39-2)41-23-26-5-7-27(8-6-26)28-9-10-28/h5-8,11-14,18-19,24,28,30H,3-4,9-10,15-17,20-23H2,1-2H3. The third-order valence-corrected chi connectivity index (χ3v) is 8.71. The maximum Gasteiger partial charge on any atom is 0.272 e. The molecule has 1 aliphatic carbocycles. The highest BCUT2D eigenvalue weighted by atomic mass is 16.5. The SMILES string of the molecule is COc1cc(C2CN(C(=O)c3cc(CCCN4CCOCC4C)ccn3)C2)ccc1OCc1ccc(C2CC2)cc1. The quantitative estimate of drug-likeness (QED) is 0.314. The summed E-state index contributed by atoms with van der Waals surface area (Å²) >= 11 is 0. The first-order valence-corrected chi connectivity index (χ1v) is 15.0. The van der Waals surface area contributed by atoms with Gasteiger partial charge in [-0.05, 0) is 91.6 Å². The summed E-state index contributed by atoms with van der Waals surface area (Å²) in [6, 6.07) is 19.3. The van der Waals surface area contributed by atoms with E-state index in [9.17, 15) is 4.79 Å². The molecule has 2 saturated heterocycles. The van der Waals surface area contributed by atoms with Crippen molar-refractivity contribution in [1.82, 2.24) is 14.8 Å². The molecular formula is C34H41N3O4. The molecule has 0 bridgehead atoms. The Kier molecular flexibility index (Phi) is 8.54. The molecule has 1 aromatic heterocycles. The number of methoxy groups -OCH3 is 1. The summed E-state index contributed by atoms with van der Waals surface area (Å²) in [7, 11) is 1.67. The number of amides is 1. The first-order valence-electron chi connectivity index (χ1n) is 15.0. The Balaban J connectivity index is 0.994. The second-order valence-electron chi connectivity index (χ2n) is 11.7. The van der Waals surface area contributed by atoms with Crippen LogP contribution in [0.25, 0.3) is 0 Å². The molecule has 216 valence electrons. The number of morpholine rings is 1. The van der Waals surface area contributed by atoms with Gasteiger partial charge in [0.05, 0.1) is 20.3 Å². The summed E-state index contributed by atoms with van der Waals surface area (Å²) < 4.78 is 17.3. The van der Waals surface area contributed by atoms with E-state index in [0.29, 0.717) is 31.4 Å². The third kappa shape index (κ3) is 6.74. The smallest absolute Gasteiger partial charge is 0.272 e. The van der Waals surface area contributed by atoms with Gasteiger partial charge in [-0.1, -0.05) is 30.3 Å². The second-order valence-corrected chi connectivity index (χ2v) is 11.7. The monoisotopic (exact) mass is 555 g/mol. The Morgan fingerprint density at radius 1 is 0.976 bits per heavy atom. The second kappa shape index (κ2) is 12.6. The number of nitrogens with zero attached hydrogens (tertiary/aromatic N) is 3. The fourth-order valence-electron chi connectivity index (χ4n) is 5.87. The lowest BCUT2D eigenvalue weighted by Crippen LogP contribution is -2.48. The zero-order chi connectivity index (χ0) is 28.2. The van der Waals surface area contributed by atoms with Gasteiger partial charge in [0.1, 0.15) is 12.3 Å². The number of rotatable bonds is 11. The van der Waals surface area contributed by atoms with Crippen molar-refractivity contribution < 1.29 is 19.0 Å². The molecule has 1 saturated carbocycles. The van der Waals surface area contributed by atoms with Gasteiger partial charge >= 0.3 is 0 Å². The minimum atomic E-state index is 0.00419. The number of ether oxygens (including phenoxy) is 3. The molecule has 0 N–H and O–H groups in total. The molecule has 1 atom stereocenters. The fraction of sp³-hybridized carbons (Fsp3) is 0.471. The van der Waals surface area contributed by atoms with Crippen LogP contribution >= 0.6 is 0 Å². The van der Waals surface area contributed by atoms with Crippen LogP contribution in [0.1, 0.15) is 70.8 Å². The van der Waals surface area contributed by atoms with E-state index in [4.69, 9.17) is 14.2 Å². The van der Waals surface area contributed by atoms with E-state index in [2.05, 4.69) is 47.1 Å². The number of aryl methyl sites for hydroxylation is 1. The van der Waals surface area contributed by atoms with E-state index in [1.165, 1.54) is 24.0 Å². The average molecular weight is 556 g/mol. The lowest BCUT2D eigenvalue weighted by atomic mass is 9.90. The van der Waals surface area contributed by atoms with Crippen molar-refractivity contribution in [2.75, 3.05) is 46.5 Å². The minimum Gasteiger partial charge on any atom is -0.493 e. The molecule has 7 heteroatoms. The molecule has 3 fully saturated rings. The van der Waals surface area contributed by atoms with E-state index in [1.807, 2.05) is 29.2 Å². The van der Waals surface area contributed by atoms with Crippen LogP contribution in [-0.2, 0) is 17.8 Å². The summed E-state index contributed by atoms with van der Waals surface area (Å²) in [5.74, 6) is 2.50. The van der Waals surface area contributed by atoms with E-state index < -0.39 is 0 Å². The first kappa shape index (κ1) is 27.7. The van der Waals surface area contributed by atoms with Crippen LogP contribution in [0.2, 0.25) is 0 Å². The van der Waals surface area contributed by atoms with Crippen molar-refractivity contribution in [2.45, 2.75) is 57.1 Å². The van der Waals surface area contributed by atoms with Crippen molar-refractivity contribution in [1.29, 1.82) is 0 Å². The maximum absolute atomic E-state index is 13.2. The lowest BCUT2D eigenvalue weighted by Gasteiger charge is -2.39. The van der Waals surface area contributed by atoms with Gasteiger partial charge in [0.25, 0.3) is 5.91 Å². The van der Waals surface area contributed by atoms with E-state index in [1.54, 1.807) is 13.3 Å². The Bertz CT molecular complexity index is 1330. The number of pyridine rings is 1. The molecule has 1 unspecified atom stereocenters. The highest BCUT2D eigenvalue weighted by Gasteiger charge is 2.33. The van der Waals surface area contributed by atoms with Crippen LogP contribution in [0.15, 0.2) is 60.8 Å². The third-order valence-electron chi connectivity index (χ3n) is 8.71.